The monoisotopic (exact) mass is 506 g/mol. The molecule has 7 nitrogen and oxygen atoms in total. The van der Waals surface area contributed by atoms with E-state index in [1.807, 2.05) is 24.6 Å². The van der Waals surface area contributed by atoms with Gasteiger partial charge in [0.25, 0.3) is 0 Å². The number of nitrogens with one attached hydrogen (secondary N) is 1. The Morgan fingerprint density at radius 3 is 2.29 bits per heavy atom. The zero-order valence-electron chi connectivity index (χ0n) is 23.1. The minimum Gasteiger partial charge on any atom is -0.307 e. The number of fused-ring (bicyclic) bond motifs is 6. The fraction of sp³-hybridized carbons (Fsp3) is 0.516. The third-order valence-electron chi connectivity index (χ3n) is 10.5. The van der Waals surface area contributed by atoms with Gasteiger partial charge in [-0.2, -0.15) is 10.2 Å². The van der Waals surface area contributed by atoms with Gasteiger partial charge in [-0.25, -0.2) is 14.4 Å². The highest BCUT2D eigenvalue weighted by Crippen LogP contribution is 2.58. The molecule has 0 unspecified atom stereocenters. The van der Waals surface area contributed by atoms with Crippen LogP contribution in [0, 0.1) is 35.8 Å². The normalized spacial score (nSPS) is 32.5. The largest absolute Gasteiger partial charge is 0.307 e. The zero-order chi connectivity index (χ0) is 27.4. The minimum absolute atomic E-state index is 0.0642. The van der Waals surface area contributed by atoms with E-state index in [1.165, 1.54) is 5.56 Å². The molecule has 0 saturated carbocycles. The van der Waals surface area contributed by atoms with E-state index in [0.29, 0.717) is 11.6 Å². The van der Waals surface area contributed by atoms with Gasteiger partial charge in [0.15, 0.2) is 17.3 Å². The maximum atomic E-state index is 13.0. The lowest BCUT2D eigenvalue weighted by Gasteiger charge is -2.51. The quantitative estimate of drug-likeness (QED) is 0.479. The Labute approximate surface area is 224 Å². The van der Waals surface area contributed by atoms with Crippen LogP contribution in [0.4, 0.5) is 0 Å². The maximum absolute atomic E-state index is 13.0. The summed E-state index contributed by atoms with van der Waals surface area (Å²) in [5.41, 5.74) is 4.42. The van der Waals surface area contributed by atoms with Crippen molar-refractivity contribution < 1.29 is 4.79 Å². The van der Waals surface area contributed by atoms with Gasteiger partial charge in [-0.05, 0) is 54.1 Å². The highest BCUT2D eigenvalue weighted by molar-refractivity contribution is 6.02. The maximum Gasteiger partial charge on any atom is 0.226 e. The molecule has 0 aromatic carbocycles. The first-order chi connectivity index (χ1) is 17.8. The number of aryl methyl sites for hydroxylation is 1. The van der Waals surface area contributed by atoms with Gasteiger partial charge >= 0.3 is 0 Å². The molecule has 0 fully saturated rings. The molecule has 4 aliphatic rings. The zero-order valence-corrected chi connectivity index (χ0v) is 23.1. The number of aromatic amines is 1. The fourth-order valence-electron chi connectivity index (χ4n) is 8.40. The lowest BCUT2D eigenvalue weighted by atomic mass is 9.52. The number of ketones is 1. The van der Waals surface area contributed by atoms with Crippen LogP contribution in [0.2, 0.25) is 0 Å². The molecule has 2 aromatic rings. The van der Waals surface area contributed by atoms with Crippen molar-refractivity contribution in [3.05, 3.63) is 87.2 Å². The van der Waals surface area contributed by atoms with E-state index in [-0.39, 0.29) is 28.2 Å². The van der Waals surface area contributed by atoms with Crippen molar-refractivity contribution in [2.45, 2.75) is 78.1 Å². The molecule has 38 heavy (non-hydrogen) atoms. The molecule has 4 atom stereocenters. The minimum atomic E-state index is -0.620. The summed E-state index contributed by atoms with van der Waals surface area (Å²) < 4.78 is 1.91. The van der Waals surface area contributed by atoms with Crippen LogP contribution in [-0.2, 0) is 28.5 Å². The van der Waals surface area contributed by atoms with Crippen molar-refractivity contribution in [1.82, 2.24) is 20.0 Å². The standard InChI is InChI=1S/C31H34N6O/c1-17-20(32-8)14-30(6)22(28(17,2)3)12-10-18-16-37(36-24(18)30)27-19-11-13-23-29(4,5)26(38)21(33-9)15-31(23,7)25(19)34-35-27/h14-16,22-23H,1,10-13H2,2-7H3,(H,34,35)/t22-,23-,30-,31-/m0/s1. The topological polar surface area (TPSA) is 72.3 Å². The summed E-state index contributed by atoms with van der Waals surface area (Å²) in [5.74, 6) is 1.10. The van der Waals surface area contributed by atoms with Crippen LogP contribution in [0.25, 0.3) is 15.5 Å². The lowest BCUT2D eigenvalue weighted by Crippen LogP contribution is -2.50. The van der Waals surface area contributed by atoms with Gasteiger partial charge in [-0.1, -0.05) is 53.7 Å². The van der Waals surface area contributed by atoms with Gasteiger partial charge in [0.1, 0.15) is 0 Å². The number of H-pyrrole nitrogens is 1. The van der Waals surface area contributed by atoms with E-state index in [1.54, 1.807) is 0 Å². The van der Waals surface area contributed by atoms with E-state index >= 15 is 0 Å². The molecular weight excluding hydrogens is 472 g/mol. The molecule has 194 valence electrons. The number of nitrogens with zero attached hydrogens (tertiary/aromatic N) is 5. The van der Waals surface area contributed by atoms with E-state index in [4.69, 9.17) is 23.3 Å². The molecule has 1 N–H and O–H groups in total. The van der Waals surface area contributed by atoms with Crippen molar-refractivity contribution >= 4 is 5.78 Å². The van der Waals surface area contributed by atoms with Gasteiger partial charge in [0.2, 0.25) is 5.70 Å². The third kappa shape index (κ3) is 2.85. The smallest absolute Gasteiger partial charge is 0.226 e. The number of hydrogen-bond donors (Lipinski definition) is 1. The number of rotatable bonds is 1. The molecule has 0 amide bonds. The predicted molar refractivity (Wildman–Crippen MR) is 145 cm³/mol. The van der Waals surface area contributed by atoms with Crippen LogP contribution in [0.5, 0.6) is 0 Å². The summed E-state index contributed by atoms with van der Waals surface area (Å²) in [6.45, 7) is 32.4. The molecule has 2 heterocycles. The Bertz CT molecular complexity index is 1580. The van der Waals surface area contributed by atoms with Crippen LogP contribution in [0.15, 0.2) is 41.9 Å². The molecule has 7 heteroatoms. The first-order valence-electron chi connectivity index (χ1n) is 13.4. The average molecular weight is 507 g/mol. The Morgan fingerprint density at radius 1 is 0.974 bits per heavy atom. The first kappa shape index (κ1) is 24.6. The second kappa shape index (κ2) is 7.44. The van der Waals surface area contributed by atoms with Crippen molar-refractivity contribution in [2.75, 3.05) is 0 Å². The van der Waals surface area contributed by atoms with Gasteiger partial charge in [0, 0.05) is 33.7 Å². The number of hydrogen-bond acceptors (Lipinski definition) is 3. The van der Waals surface area contributed by atoms with Crippen LogP contribution in [-0.4, -0.2) is 25.8 Å². The Balaban J connectivity index is 1.48. The molecule has 0 radical (unpaired) electrons. The Morgan fingerprint density at radius 2 is 1.61 bits per heavy atom. The summed E-state index contributed by atoms with van der Waals surface area (Å²) >= 11 is 0. The number of carbonyl (C=O) groups excluding carboxylic acids is 1. The Kier molecular flexibility index (Phi) is 4.82. The molecule has 4 aliphatic carbocycles. The second-order valence-corrected chi connectivity index (χ2v) is 13.1. The highest BCUT2D eigenvalue weighted by atomic mass is 16.1. The van der Waals surface area contributed by atoms with Gasteiger partial charge in [-0.3, -0.25) is 5.10 Å². The molecule has 0 aliphatic heterocycles. The summed E-state index contributed by atoms with van der Waals surface area (Å²) in [4.78, 5) is 20.5. The molecular formula is C31H34N6O. The summed E-state index contributed by atoms with van der Waals surface area (Å²) in [7, 11) is 0. The second-order valence-electron chi connectivity index (χ2n) is 13.1. The van der Waals surface area contributed by atoms with Crippen molar-refractivity contribution in [1.29, 1.82) is 0 Å². The van der Waals surface area contributed by atoms with Gasteiger partial charge in [0.05, 0.1) is 18.8 Å². The summed E-state index contributed by atoms with van der Waals surface area (Å²) in [5, 5.41) is 13.2. The molecule has 2 aromatic heterocycles. The number of aromatic nitrogens is 4. The van der Waals surface area contributed by atoms with Crippen molar-refractivity contribution in [3.63, 3.8) is 0 Å². The number of allylic oxidation sites excluding steroid dienone is 4. The van der Waals surface area contributed by atoms with Crippen LogP contribution in [0.1, 0.15) is 76.9 Å². The van der Waals surface area contributed by atoms with Crippen LogP contribution < -0.4 is 0 Å². The molecule has 0 saturated heterocycles. The van der Waals surface area contributed by atoms with Gasteiger partial charge in [-0.15, -0.1) is 6.58 Å². The fourth-order valence-corrected chi connectivity index (χ4v) is 8.40. The van der Waals surface area contributed by atoms with Crippen LogP contribution in [0.3, 0.4) is 0 Å². The molecule has 0 spiro atoms. The highest BCUT2D eigenvalue weighted by Gasteiger charge is 2.56. The van der Waals surface area contributed by atoms with E-state index in [9.17, 15) is 4.79 Å². The van der Waals surface area contributed by atoms with Gasteiger partial charge < -0.3 is 4.79 Å². The van der Waals surface area contributed by atoms with Crippen molar-refractivity contribution in [2.24, 2.45) is 22.7 Å². The van der Waals surface area contributed by atoms with E-state index in [2.05, 4.69) is 61.3 Å². The summed E-state index contributed by atoms with van der Waals surface area (Å²) in [6, 6.07) is 0. The van der Waals surface area contributed by atoms with Crippen LogP contribution >= 0.6 is 0 Å². The van der Waals surface area contributed by atoms with E-state index < -0.39 is 10.8 Å². The summed E-state index contributed by atoms with van der Waals surface area (Å²) in [6.07, 6.45) is 9.63. The average Bonchev–Trinajstić information content (AvgIpc) is 3.49. The number of Topliss-reactive ketones (excluding diaryl/α,β-unsaturated/α-hetero) is 1. The molecule has 0 bridgehead atoms. The van der Waals surface area contributed by atoms with E-state index in [0.717, 1.165) is 54.0 Å². The predicted octanol–water partition coefficient (Wildman–Crippen LogP) is 6.05. The van der Waals surface area contributed by atoms with Crippen molar-refractivity contribution in [3.8, 4) is 5.82 Å². The SMILES string of the molecule is [C-]#[N+]C1=C[C@]2(C)c3nn(-c4n[nH]c5c4CC[C@H]4C(C)(C)C(=O)C([N+]#[C-])=C[C@]54C)cc3CC[C@H]2C(C)(C)C1=C. The first-order valence-corrected chi connectivity index (χ1v) is 13.4. The third-order valence-corrected chi connectivity index (χ3v) is 10.5. The Hall–Kier alpha value is -3.71. The lowest BCUT2D eigenvalue weighted by molar-refractivity contribution is -0.128. The number of carbonyl (C=O) groups is 1. The molecule has 6 rings (SSSR count).